The number of amides is 1. The van der Waals surface area contributed by atoms with Crippen LogP contribution < -0.4 is 11.1 Å². The molecule has 0 aliphatic heterocycles. The molecule has 0 saturated carbocycles. The van der Waals surface area contributed by atoms with E-state index in [0.717, 1.165) is 5.56 Å². The molecule has 3 N–H and O–H groups in total. The third-order valence-corrected chi connectivity index (χ3v) is 3.64. The lowest BCUT2D eigenvalue weighted by Gasteiger charge is -2.14. The molecule has 1 rings (SSSR count). The molecule has 0 aliphatic carbocycles. The van der Waals surface area contributed by atoms with Crippen LogP contribution in [0.5, 0.6) is 0 Å². The Hall–Kier alpha value is -2.65. The van der Waals surface area contributed by atoms with Crippen molar-refractivity contribution >= 4 is 34.2 Å². The first kappa shape index (κ1) is 19.4. The van der Waals surface area contributed by atoms with Gasteiger partial charge >= 0.3 is 0 Å². The Labute approximate surface area is 150 Å². The molecule has 5 nitrogen and oxygen atoms in total. The minimum absolute atomic E-state index is 0.0758. The molecule has 1 amide bonds. The summed E-state index contributed by atoms with van der Waals surface area (Å²) in [4.78, 5) is 15.8. The van der Waals surface area contributed by atoms with Gasteiger partial charge in [0, 0.05) is 5.69 Å². The van der Waals surface area contributed by atoms with Crippen LogP contribution in [0.1, 0.15) is 24.9 Å². The molecular formula is C18H19BrN4O. The van der Waals surface area contributed by atoms with E-state index in [1.165, 1.54) is 0 Å². The van der Waals surface area contributed by atoms with Gasteiger partial charge in [-0.1, -0.05) is 30.4 Å². The first-order valence-corrected chi connectivity index (χ1v) is 8.02. The van der Waals surface area contributed by atoms with Crippen molar-refractivity contribution in [1.82, 2.24) is 5.32 Å². The van der Waals surface area contributed by atoms with E-state index in [-0.39, 0.29) is 11.6 Å². The summed E-state index contributed by atoms with van der Waals surface area (Å²) in [6, 6.07) is 8.93. The second-order valence-electron chi connectivity index (χ2n) is 4.90. The van der Waals surface area contributed by atoms with Gasteiger partial charge in [-0.2, -0.15) is 5.26 Å². The predicted octanol–water partition coefficient (Wildman–Crippen LogP) is 3.78. The van der Waals surface area contributed by atoms with Gasteiger partial charge in [0.2, 0.25) is 0 Å². The van der Waals surface area contributed by atoms with Gasteiger partial charge in [0.25, 0.3) is 5.91 Å². The van der Waals surface area contributed by atoms with Crippen molar-refractivity contribution in [1.29, 1.82) is 5.26 Å². The van der Waals surface area contributed by atoms with Crippen LogP contribution in [0.2, 0.25) is 0 Å². The maximum Gasteiger partial charge on any atom is 0.262 e. The molecule has 0 spiro atoms. The van der Waals surface area contributed by atoms with Crippen molar-refractivity contribution in [3.63, 3.8) is 0 Å². The third kappa shape index (κ3) is 6.63. The number of benzene rings is 1. The molecule has 1 aromatic carbocycles. The molecule has 24 heavy (non-hydrogen) atoms. The number of carbonyl (C=O) groups is 1. The van der Waals surface area contributed by atoms with E-state index < -0.39 is 5.91 Å². The van der Waals surface area contributed by atoms with E-state index in [9.17, 15) is 4.79 Å². The molecule has 0 saturated heterocycles. The Balaban J connectivity index is 2.66. The fourth-order valence-electron chi connectivity index (χ4n) is 1.80. The Morgan fingerprint density at radius 2 is 2.17 bits per heavy atom. The molecule has 0 bridgehead atoms. The molecule has 1 aromatic rings. The highest BCUT2D eigenvalue weighted by Crippen LogP contribution is 2.15. The molecule has 0 aromatic heterocycles. The molecule has 0 fully saturated rings. The number of anilines is 1. The Kier molecular flexibility index (Phi) is 8.23. The minimum Gasteiger partial charge on any atom is -0.399 e. The van der Waals surface area contributed by atoms with Crippen LogP contribution in [0.25, 0.3) is 0 Å². The Morgan fingerprint density at radius 3 is 2.75 bits per heavy atom. The maximum atomic E-state index is 12.1. The first-order chi connectivity index (χ1) is 11.5. The Morgan fingerprint density at radius 1 is 1.50 bits per heavy atom. The third-order valence-electron chi connectivity index (χ3n) is 3.13. The van der Waals surface area contributed by atoms with Gasteiger partial charge in [-0.05, 0) is 59.8 Å². The lowest BCUT2D eigenvalue weighted by Crippen LogP contribution is -2.27. The summed E-state index contributed by atoms with van der Waals surface area (Å²) in [5.74, 6) is -0.403. The zero-order valence-electron chi connectivity index (χ0n) is 13.4. The number of nitrogen functional groups attached to an aromatic ring is 1. The quantitative estimate of drug-likeness (QED) is 0.186. The van der Waals surface area contributed by atoms with Crippen molar-refractivity contribution in [2.75, 3.05) is 5.73 Å². The predicted molar refractivity (Wildman–Crippen MR) is 101 cm³/mol. The maximum absolute atomic E-state index is 12.1. The van der Waals surface area contributed by atoms with Crippen LogP contribution in [-0.4, -0.2) is 12.6 Å². The van der Waals surface area contributed by atoms with Crippen LogP contribution in [0.4, 0.5) is 5.69 Å². The van der Waals surface area contributed by atoms with Crippen molar-refractivity contribution < 1.29 is 4.79 Å². The van der Waals surface area contributed by atoms with Crippen molar-refractivity contribution in [3.05, 3.63) is 64.3 Å². The zero-order chi connectivity index (χ0) is 17.9. The summed E-state index contributed by atoms with van der Waals surface area (Å²) in [7, 11) is 0. The van der Waals surface area contributed by atoms with Gasteiger partial charge in [0.1, 0.15) is 16.2 Å². The summed E-state index contributed by atoms with van der Waals surface area (Å²) in [6.07, 6.45) is 7.32. The normalized spacial score (nSPS) is 13.4. The zero-order valence-corrected chi connectivity index (χ0v) is 15.0. The number of hydrogen-bond donors (Lipinski definition) is 2. The van der Waals surface area contributed by atoms with E-state index in [2.05, 4.69) is 33.0 Å². The van der Waals surface area contributed by atoms with Crippen molar-refractivity contribution in [2.24, 2.45) is 4.99 Å². The highest BCUT2D eigenvalue weighted by molar-refractivity contribution is 9.11. The largest absolute Gasteiger partial charge is 0.399 e. The van der Waals surface area contributed by atoms with Gasteiger partial charge in [-0.3, -0.25) is 9.79 Å². The summed E-state index contributed by atoms with van der Waals surface area (Å²) in [5.41, 5.74) is 7.30. The van der Waals surface area contributed by atoms with Crippen LogP contribution in [-0.2, 0) is 4.79 Å². The average Bonchev–Trinajstić information content (AvgIpc) is 2.58. The molecule has 0 heterocycles. The highest BCUT2D eigenvalue weighted by Gasteiger charge is 2.13. The number of hydrogen-bond acceptors (Lipinski definition) is 4. The average molecular weight is 387 g/mol. The standard InChI is InChI=1S/C18H19BrN4O/c1-13(14-8-10-16(21)11-9-14)23-18(24)15(12-20)6-4-3-5-7-17(19)22-2/h3,5-11,13H,2,4,21H2,1H3,(H,23,24)/b5-3-,15-6+,17-7-. The molecule has 0 radical (unpaired) electrons. The molecule has 124 valence electrons. The smallest absolute Gasteiger partial charge is 0.262 e. The fraction of sp³-hybridized carbons (Fsp3) is 0.167. The number of rotatable bonds is 7. The second-order valence-corrected chi connectivity index (χ2v) is 5.72. The van der Waals surface area contributed by atoms with Crippen LogP contribution in [0, 0.1) is 11.3 Å². The van der Waals surface area contributed by atoms with E-state index in [1.54, 1.807) is 36.4 Å². The van der Waals surface area contributed by atoms with E-state index >= 15 is 0 Å². The number of nitrogens with one attached hydrogen (secondary N) is 1. The van der Waals surface area contributed by atoms with Gasteiger partial charge in [-0.15, -0.1) is 0 Å². The molecule has 1 unspecified atom stereocenters. The number of nitriles is 1. The molecule has 1 atom stereocenters. The second kappa shape index (κ2) is 10.2. The minimum atomic E-state index is -0.403. The molecule has 0 aliphatic rings. The topological polar surface area (TPSA) is 91.3 Å². The van der Waals surface area contributed by atoms with E-state index in [1.807, 2.05) is 25.1 Å². The van der Waals surface area contributed by atoms with Crippen molar-refractivity contribution in [2.45, 2.75) is 19.4 Å². The number of carbonyl (C=O) groups excluding carboxylic acids is 1. The summed E-state index contributed by atoms with van der Waals surface area (Å²) in [5, 5.41) is 11.9. The number of nitrogens with zero attached hydrogens (tertiary/aromatic N) is 2. The van der Waals surface area contributed by atoms with Gasteiger partial charge < -0.3 is 11.1 Å². The highest BCUT2D eigenvalue weighted by atomic mass is 79.9. The van der Waals surface area contributed by atoms with Gasteiger partial charge in [-0.25, -0.2) is 0 Å². The molecular weight excluding hydrogens is 368 g/mol. The first-order valence-electron chi connectivity index (χ1n) is 7.23. The van der Waals surface area contributed by atoms with Crippen LogP contribution in [0.15, 0.2) is 63.7 Å². The van der Waals surface area contributed by atoms with Gasteiger partial charge in [0.05, 0.1) is 6.04 Å². The summed E-state index contributed by atoms with van der Waals surface area (Å²) >= 11 is 3.19. The lowest BCUT2D eigenvalue weighted by atomic mass is 10.1. The number of allylic oxidation sites excluding steroid dienone is 4. The SMILES string of the molecule is C=N/C(Br)=C\C=C/C/C=C(\C#N)C(=O)NC(C)c1ccc(N)cc1. The number of halogens is 1. The summed E-state index contributed by atoms with van der Waals surface area (Å²) < 4.78 is 0.610. The Bertz CT molecular complexity index is 712. The van der Waals surface area contributed by atoms with Crippen LogP contribution >= 0.6 is 15.9 Å². The number of nitrogens with two attached hydrogens (primary N) is 1. The van der Waals surface area contributed by atoms with E-state index in [4.69, 9.17) is 11.0 Å². The monoisotopic (exact) mass is 386 g/mol. The molecule has 6 heteroatoms. The fourth-order valence-corrected chi connectivity index (χ4v) is 1.95. The van der Waals surface area contributed by atoms with Crippen LogP contribution in [0.3, 0.4) is 0 Å². The van der Waals surface area contributed by atoms with Crippen molar-refractivity contribution in [3.8, 4) is 6.07 Å². The van der Waals surface area contributed by atoms with E-state index in [0.29, 0.717) is 16.7 Å². The number of aliphatic imine (C=N–C) groups is 1. The summed E-state index contributed by atoms with van der Waals surface area (Å²) in [6.45, 7) is 5.22. The lowest BCUT2D eigenvalue weighted by molar-refractivity contribution is -0.117. The van der Waals surface area contributed by atoms with Gasteiger partial charge in [0.15, 0.2) is 0 Å².